The number of esters is 1. The average molecular weight is 513 g/mol. The summed E-state index contributed by atoms with van der Waals surface area (Å²) in [6.07, 6.45) is 5.92. The summed E-state index contributed by atoms with van der Waals surface area (Å²) < 4.78 is 5.16. The molecular formula is C30H36N6O2. The van der Waals surface area contributed by atoms with Crippen molar-refractivity contribution in [3.8, 4) is 17.2 Å². The fraction of sp³-hybridized carbons (Fsp3) is 0.400. The summed E-state index contributed by atoms with van der Waals surface area (Å²) in [5.41, 5.74) is 5.18. The minimum atomic E-state index is -0.321. The van der Waals surface area contributed by atoms with E-state index in [9.17, 15) is 10.1 Å². The molecule has 0 radical (unpaired) electrons. The van der Waals surface area contributed by atoms with Gasteiger partial charge in [-0.15, -0.1) is 0 Å². The Morgan fingerprint density at radius 2 is 1.92 bits per heavy atom. The van der Waals surface area contributed by atoms with Crippen LogP contribution in [0.4, 0.5) is 11.8 Å². The van der Waals surface area contributed by atoms with Crippen LogP contribution in [0.15, 0.2) is 48.7 Å². The van der Waals surface area contributed by atoms with Gasteiger partial charge >= 0.3 is 5.97 Å². The van der Waals surface area contributed by atoms with Gasteiger partial charge in [0.1, 0.15) is 17.5 Å². The number of anilines is 2. The van der Waals surface area contributed by atoms with Crippen LogP contribution in [0.25, 0.3) is 11.1 Å². The molecule has 4 rings (SSSR count). The largest absolute Gasteiger partial charge is 0.462 e. The predicted octanol–water partition coefficient (Wildman–Crippen LogP) is 5.40. The number of nitrogens with one attached hydrogen (secondary N) is 2. The molecule has 0 aliphatic heterocycles. The van der Waals surface area contributed by atoms with Crippen molar-refractivity contribution in [3.63, 3.8) is 0 Å². The smallest absolute Gasteiger partial charge is 0.338 e. The Balaban J connectivity index is 1.47. The Morgan fingerprint density at radius 3 is 2.63 bits per heavy atom. The molecule has 1 aliphatic rings. The van der Waals surface area contributed by atoms with Crippen LogP contribution in [0.5, 0.6) is 0 Å². The summed E-state index contributed by atoms with van der Waals surface area (Å²) >= 11 is 0. The van der Waals surface area contributed by atoms with Crippen molar-refractivity contribution < 1.29 is 9.53 Å². The van der Waals surface area contributed by atoms with Gasteiger partial charge in [-0.2, -0.15) is 10.2 Å². The molecule has 1 aliphatic carbocycles. The highest BCUT2D eigenvalue weighted by Crippen LogP contribution is 2.28. The molecule has 8 nitrogen and oxygen atoms in total. The van der Waals surface area contributed by atoms with E-state index in [1.54, 1.807) is 19.2 Å². The van der Waals surface area contributed by atoms with Gasteiger partial charge < -0.3 is 20.3 Å². The van der Waals surface area contributed by atoms with Crippen molar-refractivity contribution in [3.05, 3.63) is 70.9 Å². The SMILES string of the molecule is CCOC(=O)c1cccc(-c2cccc(CNc3ncc(C#N)c(NC4CCC(N(C)C)CC4)n3)c2C)c1. The Morgan fingerprint density at radius 1 is 1.16 bits per heavy atom. The molecular weight excluding hydrogens is 476 g/mol. The zero-order valence-corrected chi connectivity index (χ0v) is 22.6. The van der Waals surface area contributed by atoms with E-state index < -0.39 is 0 Å². The first-order valence-electron chi connectivity index (χ1n) is 13.2. The van der Waals surface area contributed by atoms with Gasteiger partial charge in [0, 0.05) is 18.6 Å². The van der Waals surface area contributed by atoms with Gasteiger partial charge in [-0.05, 0) is 88.0 Å². The van der Waals surface area contributed by atoms with Gasteiger partial charge in [0.05, 0.1) is 18.4 Å². The van der Waals surface area contributed by atoms with Crippen LogP contribution < -0.4 is 10.6 Å². The van der Waals surface area contributed by atoms with Crippen molar-refractivity contribution in [1.29, 1.82) is 5.26 Å². The molecule has 0 bridgehead atoms. The van der Waals surface area contributed by atoms with Gasteiger partial charge in [0.2, 0.25) is 5.95 Å². The molecule has 0 atom stereocenters. The third-order valence-corrected chi connectivity index (χ3v) is 7.24. The summed E-state index contributed by atoms with van der Waals surface area (Å²) in [7, 11) is 4.26. The van der Waals surface area contributed by atoms with E-state index in [2.05, 4.69) is 58.7 Å². The molecule has 8 heteroatoms. The first-order chi connectivity index (χ1) is 18.4. The second-order valence-electron chi connectivity index (χ2n) is 9.93. The fourth-order valence-electron chi connectivity index (χ4n) is 4.98. The zero-order valence-electron chi connectivity index (χ0n) is 22.6. The standard InChI is InChI=1S/C30H36N6O2/c1-5-38-29(37)22-9-6-8-21(16-22)27-11-7-10-23(20(27)2)18-32-30-33-19-24(17-31)28(35-30)34-25-12-14-26(15-13-25)36(3)4/h6-11,16,19,25-26H,5,12-15,18H2,1-4H3,(H2,32,33,34,35). The lowest BCUT2D eigenvalue weighted by Crippen LogP contribution is -2.36. The van der Waals surface area contributed by atoms with Gasteiger partial charge in [0.25, 0.3) is 0 Å². The molecule has 1 saturated carbocycles. The Labute approximate surface area is 225 Å². The fourth-order valence-corrected chi connectivity index (χ4v) is 4.98. The third-order valence-electron chi connectivity index (χ3n) is 7.24. The lowest BCUT2D eigenvalue weighted by Gasteiger charge is -2.33. The lowest BCUT2D eigenvalue weighted by atomic mass is 9.90. The number of nitriles is 1. The summed E-state index contributed by atoms with van der Waals surface area (Å²) in [6, 6.07) is 16.7. The van der Waals surface area contributed by atoms with Gasteiger partial charge in [0.15, 0.2) is 0 Å². The average Bonchev–Trinajstić information content (AvgIpc) is 2.93. The van der Waals surface area contributed by atoms with E-state index in [1.807, 2.05) is 30.3 Å². The van der Waals surface area contributed by atoms with Crippen LogP contribution in [0.3, 0.4) is 0 Å². The van der Waals surface area contributed by atoms with E-state index in [0.717, 1.165) is 47.9 Å². The number of carbonyl (C=O) groups is 1. The number of hydrogen-bond donors (Lipinski definition) is 2. The Bertz CT molecular complexity index is 1310. The maximum Gasteiger partial charge on any atom is 0.338 e. The highest BCUT2D eigenvalue weighted by Gasteiger charge is 2.23. The molecule has 0 unspecified atom stereocenters. The first kappa shape index (κ1) is 27.1. The molecule has 198 valence electrons. The maximum absolute atomic E-state index is 12.2. The van der Waals surface area contributed by atoms with E-state index in [0.29, 0.717) is 48.1 Å². The van der Waals surface area contributed by atoms with Gasteiger partial charge in [-0.1, -0.05) is 30.3 Å². The third kappa shape index (κ3) is 6.48. The maximum atomic E-state index is 12.2. The molecule has 3 aromatic rings. The number of hydrogen-bond acceptors (Lipinski definition) is 8. The molecule has 1 heterocycles. The highest BCUT2D eigenvalue weighted by atomic mass is 16.5. The monoisotopic (exact) mass is 512 g/mol. The van der Waals surface area contributed by atoms with E-state index in [4.69, 9.17) is 4.74 Å². The zero-order chi connectivity index (χ0) is 27.1. The molecule has 1 aromatic heterocycles. The molecule has 0 saturated heterocycles. The van der Waals surface area contributed by atoms with Crippen LogP contribution in [0.1, 0.15) is 59.7 Å². The highest BCUT2D eigenvalue weighted by molar-refractivity contribution is 5.91. The van der Waals surface area contributed by atoms with Crippen LogP contribution in [0.2, 0.25) is 0 Å². The number of ether oxygens (including phenoxy) is 1. The summed E-state index contributed by atoms with van der Waals surface area (Å²) in [5.74, 6) is 0.736. The number of rotatable bonds is 9. The molecule has 2 N–H and O–H groups in total. The molecule has 2 aromatic carbocycles. The quantitative estimate of drug-likeness (QED) is 0.368. The predicted molar refractivity (Wildman–Crippen MR) is 150 cm³/mol. The van der Waals surface area contributed by atoms with E-state index in [1.165, 1.54) is 0 Å². The van der Waals surface area contributed by atoms with Crippen LogP contribution in [0, 0.1) is 18.3 Å². The normalized spacial score (nSPS) is 17.1. The van der Waals surface area contributed by atoms with Crippen molar-refractivity contribution in [1.82, 2.24) is 14.9 Å². The summed E-state index contributed by atoms with van der Waals surface area (Å²) in [4.78, 5) is 23.5. The molecule has 0 spiro atoms. The van der Waals surface area contributed by atoms with Crippen molar-refractivity contribution in [2.24, 2.45) is 0 Å². The molecule has 0 amide bonds. The number of carbonyl (C=O) groups excluding carboxylic acids is 1. The number of aromatic nitrogens is 2. The number of benzene rings is 2. The van der Waals surface area contributed by atoms with Gasteiger partial charge in [-0.25, -0.2) is 9.78 Å². The second kappa shape index (κ2) is 12.5. The van der Waals surface area contributed by atoms with Crippen LogP contribution in [-0.4, -0.2) is 53.6 Å². The number of nitrogens with zero attached hydrogens (tertiary/aromatic N) is 4. The Hall–Kier alpha value is -3.96. The molecule has 38 heavy (non-hydrogen) atoms. The minimum Gasteiger partial charge on any atom is -0.462 e. The lowest BCUT2D eigenvalue weighted by molar-refractivity contribution is 0.0526. The summed E-state index contributed by atoms with van der Waals surface area (Å²) in [6.45, 7) is 4.74. The molecule has 1 fully saturated rings. The van der Waals surface area contributed by atoms with E-state index >= 15 is 0 Å². The second-order valence-corrected chi connectivity index (χ2v) is 9.93. The van der Waals surface area contributed by atoms with Crippen LogP contribution >= 0.6 is 0 Å². The Kier molecular flexibility index (Phi) is 8.93. The van der Waals surface area contributed by atoms with E-state index in [-0.39, 0.29) is 5.97 Å². The minimum absolute atomic E-state index is 0.297. The summed E-state index contributed by atoms with van der Waals surface area (Å²) in [5, 5.41) is 16.4. The topological polar surface area (TPSA) is 103 Å². The first-order valence-corrected chi connectivity index (χ1v) is 13.2. The van der Waals surface area contributed by atoms with Crippen LogP contribution in [-0.2, 0) is 11.3 Å². The van der Waals surface area contributed by atoms with Crippen molar-refractivity contribution in [2.45, 2.75) is 58.2 Å². The van der Waals surface area contributed by atoms with Gasteiger partial charge in [-0.3, -0.25) is 0 Å². The van der Waals surface area contributed by atoms with Crippen molar-refractivity contribution >= 4 is 17.7 Å². The van der Waals surface area contributed by atoms with Crippen molar-refractivity contribution in [2.75, 3.05) is 31.3 Å².